The molecule has 1 aromatic rings. The van der Waals surface area contributed by atoms with E-state index in [1.54, 1.807) is 24.1 Å². The van der Waals surface area contributed by atoms with E-state index in [0.29, 0.717) is 18.2 Å². The summed E-state index contributed by atoms with van der Waals surface area (Å²) in [5, 5.41) is 3.41. The highest BCUT2D eigenvalue weighted by Gasteiger charge is 2.19. The summed E-state index contributed by atoms with van der Waals surface area (Å²) in [7, 11) is -1.44. The number of carbonyl (C=O) groups is 1. The van der Waals surface area contributed by atoms with E-state index in [2.05, 4.69) is 5.32 Å². The third-order valence-electron chi connectivity index (χ3n) is 3.78. The Bertz CT molecular complexity index is 590. The molecule has 1 aromatic carbocycles. The van der Waals surface area contributed by atoms with E-state index < -0.39 is 9.84 Å². The van der Waals surface area contributed by atoms with E-state index in [9.17, 15) is 13.2 Å². The zero-order valence-corrected chi connectivity index (χ0v) is 13.3. The van der Waals surface area contributed by atoms with Crippen LogP contribution in [-0.4, -0.2) is 51.7 Å². The van der Waals surface area contributed by atoms with E-state index in [1.807, 2.05) is 0 Å². The van der Waals surface area contributed by atoms with Gasteiger partial charge in [0.05, 0.1) is 4.90 Å². The lowest BCUT2D eigenvalue weighted by Gasteiger charge is -2.28. The molecule has 0 aromatic heterocycles. The van der Waals surface area contributed by atoms with Gasteiger partial charge in [0.15, 0.2) is 9.84 Å². The van der Waals surface area contributed by atoms with Gasteiger partial charge in [0.25, 0.3) is 5.91 Å². The maximum atomic E-state index is 12.3. The number of rotatable bonds is 4. The minimum absolute atomic E-state index is 0.0811. The molecule has 1 aliphatic rings. The van der Waals surface area contributed by atoms with Crippen LogP contribution in [0.15, 0.2) is 29.2 Å². The molecule has 0 radical (unpaired) electrons. The molecule has 5 nitrogen and oxygen atoms in total. The molecule has 2 rings (SSSR count). The highest BCUT2D eigenvalue weighted by atomic mass is 32.2. The number of amides is 1. The van der Waals surface area contributed by atoms with Crippen LogP contribution in [0.2, 0.25) is 0 Å². The van der Waals surface area contributed by atoms with Crippen molar-refractivity contribution >= 4 is 15.7 Å². The monoisotopic (exact) mass is 310 g/mol. The summed E-state index contributed by atoms with van der Waals surface area (Å²) in [5.41, 5.74) is 0.515. The molecule has 0 saturated carbocycles. The lowest BCUT2D eigenvalue weighted by atomic mass is 10.0. The van der Waals surface area contributed by atoms with Crippen LogP contribution in [0.3, 0.4) is 0 Å². The second-order valence-corrected chi connectivity index (χ2v) is 7.64. The second kappa shape index (κ2) is 6.58. The average Bonchev–Trinajstić information content (AvgIpc) is 2.46. The van der Waals surface area contributed by atoms with Crippen LogP contribution in [0, 0.1) is 0 Å². The minimum Gasteiger partial charge on any atom is -0.340 e. The summed E-state index contributed by atoms with van der Waals surface area (Å²) < 4.78 is 22.8. The highest BCUT2D eigenvalue weighted by molar-refractivity contribution is 7.90. The molecule has 1 N–H and O–H groups in total. The van der Waals surface area contributed by atoms with Gasteiger partial charge in [0.2, 0.25) is 0 Å². The van der Waals surface area contributed by atoms with Gasteiger partial charge in [-0.25, -0.2) is 8.42 Å². The summed E-state index contributed by atoms with van der Waals surface area (Å²) in [4.78, 5) is 14.3. The number of likely N-dealkylation sites (N-methyl/N-ethyl adjacent to an activating group) is 1. The molecule has 1 heterocycles. The molecule has 1 aliphatic heterocycles. The molecular formula is C15H22N2O3S. The highest BCUT2D eigenvalue weighted by Crippen LogP contribution is 2.13. The van der Waals surface area contributed by atoms with Crippen molar-refractivity contribution in [1.82, 2.24) is 10.2 Å². The molecule has 0 spiro atoms. The van der Waals surface area contributed by atoms with Crippen LogP contribution in [0.4, 0.5) is 0 Å². The number of sulfone groups is 1. The molecule has 21 heavy (non-hydrogen) atoms. The number of nitrogens with one attached hydrogen (secondary N) is 1. The van der Waals surface area contributed by atoms with E-state index >= 15 is 0 Å². The fourth-order valence-electron chi connectivity index (χ4n) is 2.56. The van der Waals surface area contributed by atoms with Crippen LogP contribution < -0.4 is 5.32 Å². The Morgan fingerprint density at radius 2 is 1.95 bits per heavy atom. The second-order valence-electron chi connectivity index (χ2n) is 5.63. The van der Waals surface area contributed by atoms with Crippen molar-refractivity contribution in [3.63, 3.8) is 0 Å². The fraction of sp³-hybridized carbons (Fsp3) is 0.533. The summed E-state index contributed by atoms with van der Waals surface area (Å²) in [6.45, 7) is 1.68. The van der Waals surface area contributed by atoms with Crippen molar-refractivity contribution in [2.45, 2.75) is 30.2 Å². The smallest absolute Gasteiger partial charge is 0.253 e. The maximum Gasteiger partial charge on any atom is 0.253 e. The molecule has 116 valence electrons. The number of hydrogen-bond donors (Lipinski definition) is 1. The van der Waals surface area contributed by atoms with Crippen molar-refractivity contribution < 1.29 is 13.2 Å². The Kier molecular flexibility index (Phi) is 5.00. The van der Waals surface area contributed by atoms with Crippen LogP contribution in [0.5, 0.6) is 0 Å². The van der Waals surface area contributed by atoms with Gasteiger partial charge in [-0.1, -0.05) is 6.42 Å². The van der Waals surface area contributed by atoms with Crippen molar-refractivity contribution in [2.75, 3.05) is 26.4 Å². The molecule has 1 saturated heterocycles. The van der Waals surface area contributed by atoms with Crippen LogP contribution >= 0.6 is 0 Å². The summed E-state index contributed by atoms with van der Waals surface area (Å²) in [6, 6.07) is 6.46. The van der Waals surface area contributed by atoms with Crippen molar-refractivity contribution in [2.24, 2.45) is 0 Å². The van der Waals surface area contributed by atoms with Crippen molar-refractivity contribution in [1.29, 1.82) is 0 Å². The van der Waals surface area contributed by atoms with Crippen LogP contribution in [-0.2, 0) is 9.84 Å². The molecule has 1 fully saturated rings. The number of benzene rings is 1. The van der Waals surface area contributed by atoms with Crippen LogP contribution in [0.1, 0.15) is 29.6 Å². The van der Waals surface area contributed by atoms with E-state index in [1.165, 1.54) is 25.0 Å². The Morgan fingerprint density at radius 1 is 1.29 bits per heavy atom. The lowest BCUT2D eigenvalue weighted by molar-refractivity contribution is 0.0775. The molecule has 1 atom stereocenters. The molecule has 1 amide bonds. The van der Waals surface area contributed by atoms with Crippen molar-refractivity contribution in [3.8, 4) is 0 Å². The predicted molar refractivity (Wildman–Crippen MR) is 82.2 cm³/mol. The lowest BCUT2D eigenvalue weighted by Crippen LogP contribution is -2.44. The normalized spacial score (nSPS) is 19.2. The largest absolute Gasteiger partial charge is 0.340 e. The molecule has 1 unspecified atom stereocenters. The zero-order valence-electron chi connectivity index (χ0n) is 12.5. The summed E-state index contributed by atoms with van der Waals surface area (Å²) in [5.74, 6) is -0.0811. The first kappa shape index (κ1) is 16.0. The van der Waals surface area contributed by atoms with E-state index in [0.717, 1.165) is 19.2 Å². The predicted octanol–water partition coefficient (Wildman–Crippen LogP) is 1.30. The third-order valence-corrected chi connectivity index (χ3v) is 4.91. The number of carbonyl (C=O) groups excluding carboxylic acids is 1. The van der Waals surface area contributed by atoms with Gasteiger partial charge in [-0.05, 0) is 43.7 Å². The van der Waals surface area contributed by atoms with Crippen molar-refractivity contribution in [3.05, 3.63) is 29.8 Å². The first-order chi connectivity index (χ1) is 9.88. The van der Waals surface area contributed by atoms with Gasteiger partial charge >= 0.3 is 0 Å². The fourth-order valence-corrected chi connectivity index (χ4v) is 3.19. The first-order valence-corrected chi connectivity index (χ1v) is 9.06. The van der Waals surface area contributed by atoms with E-state index in [-0.39, 0.29) is 10.8 Å². The number of nitrogens with zero attached hydrogens (tertiary/aromatic N) is 1. The topological polar surface area (TPSA) is 66.5 Å². The standard InChI is InChI=1S/C15H22N2O3S/c1-17(11-13-5-3-4-10-16-13)15(18)12-6-8-14(9-7-12)21(2,19)20/h6-9,13,16H,3-5,10-11H2,1-2H3. The van der Waals surface area contributed by atoms with Gasteiger partial charge in [0.1, 0.15) is 0 Å². The number of piperidine rings is 1. The summed E-state index contributed by atoms with van der Waals surface area (Å²) >= 11 is 0. The Balaban J connectivity index is 2.01. The quantitative estimate of drug-likeness (QED) is 0.910. The SMILES string of the molecule is CN(CC1CCCCN1)C(=O)c1ccc(S(C)(=O)=O)cc1. The average molecular weight is 310 g/mol. The molecule has 0 aliphatic carbocycles. The van der Waals surface area contributed by atoms with E-state index in [4.69, 9.17) is 0 Å². The van der Waals surface area contributed by atoms with Gasteiger partial charge < -0.3 is 10.2 Å². The molecular weight excluding hydrogens is 288 g/mol. The maximum absolute atomic E-state index is 12.3. The Morgan fingerprint density at radius 3 is 2.48 bits per heavy atom. The minimum atomic E-state index is -3.22. The molecule has 6 heteroatoms. The first-order valence-electron chi connectivity index (χ1n) is 7.17. The summed E-state index contributed by atoms with van der Waals surface area (Å²) in [6.07, 6.45) is 4.64. The zero-order chi connectivity index (χ0) is 15.5. The van der Waals surface area contributed by atoms with Crippen LogP contribution in [0.25, 0.3) is 0 Å². The third kappa shape index (κ3) is 4.28. The Labute approximate surface area is 126 Å². The Hall–Kier alpha value is -1.40. The number of hydrogen-bond acceptors (Lipinski definition) is 4. The van der Waals surface area contributed by atoms with Gasteiger partial charge in [-0.3, -0.25) is 4.79 Å². The molecule has 0 bridgehead atoms. The van der Waals surface area contributed by atoms with Gasteiger partial charge in [0, 0.05) is 31.5 Å². The van der Waals surface area contributed by atoms with Gasteiger partial charge in [-0.15, -0.1) is 0 Å². The van der Waals surface area contributed by atoms with Gasteiger partial charge in [-0.2, -0.15) is 0 Å².